The summed E-state index contributed by atoms with van der Waals surface area (Å²) in [7, 11) is 0. The molecule has 4 atom stereocenters. The second-order valence-electron chi connectivity index (χ2n) is 3.22. The molecule has 0 radical (unpaired) electrons. The average molecular weight is 207 g/mol. The highest BCUT2D eigenvalue weighted by atomic mass is 16.7. The van der Waals surface area contributed by atoms with Gasteiger partial charge in [-0.2, -0.15) is 0 Å². The molecule has 5 N–H and O–H groups in total. The predicted molar refractivity (Wildman–Crippen MR) is 47.4 cm³/mol. The minimum Gasteiger partial charge on any atom is -0.394 e. The predicted octanol–water partition coefficient (Wildman–Crippen LogP) is -2.21. The van der Waals surface area contributed by atoms with Crippen LogP contribution in [0.25, 0.3) is 0 Å². The number of aliphatic hydroxyl groups is 3. The van der Waals surface area contributed by atoms with Gasteiger partial charge in [-0.05, 0) is 6.92 Å². The van der Waals surface area contributed by atoms with Gasteiger partial charge in [0.05, 0.1) is 13.2 Å². The summed E-state index contributed by atoms with van der Waals surface area (Å²) in [6.07, 6.45) is -3.25. The van der Waals surface area contributed by atoms with E-state index in [-0.39, 0.29) is 13.2 Å². The molecule has 1 heterocycles. The van der Waals surface area contributed by atoms with Crippen molar-refractivity contribution in [1.29, 1.82) is 0 Å². The monoisotopic (exact) mass is 207 g/mol. The first-order valence-corrected chi connectivity index (χ1v) is 4.60. The fourth-order valence-electron chi connectivity index (χ4n) is 1.60. The van der Waals surface area contributed by atoms with Crippen LogP contribution < -0.4 is 5.73 Å². The highest BCUT2D eigenvalue weighted by Gasteiger charge is 2.54. The van der Waals surface area contributed by atoms with Crippen LogP contribution in [0.4, 0.5) is 0 Å². The Kier molecular flexibility index (Phi) is 3.82. The van der Waals surface area contributed by atoms with E-state index in [9.17, 15) is 10.2 Å². The molecule has 1 aliphatic rings. The molecule has 0 aliphatic carbocycles. The Hall–Kier alpha value is -0.240. The van der Waals surface area contributed by atoms with Gasteiger partial charge in [-0.1, -0.05) is 0 Å². The number of aliphatic hydroxyl groups excluding tert-OH is 3. The number of hydrogen-bond acceptors (Lipinski definition) is 6. The van der Waals surface area contributed by atoms with E-state index in [1.807, 2.05) is 0 Å². The van der Waals surface area contributed by atoms with Gasteiger partial charge in [0.25, 0.3) is 0 Å². The molecule has 0 aromatic rings. The first-order valence-electron chi connectivity index (χ1n) is 4.60. The Morgan fingerprint density at radius 1 is 1.50 bits per heavy atom. The molecule has 6 nitrogen and oxygen atoms in total. The third-order valence-electron chi connectivity index (χ3n) is 2.36. The van der Waals surface area contributed by atoms with Crippen LogP contribution in [0.5, 0.6) is 0 Å². The zero-order valence-electron chi connectivity index (χ0n) is 8.09. The van der Waals surface area contributed by atoms with E-state index in [1.165, 1.54) is 0 Å². The smallest absolute Gasteiger partial charge is 0.210 e. The maximum absolute atomic E-state index is 9.65. The van der Waals surface area contributed by atoms with E-state index in [0.29, 0.717) is 6.61 Å². The normalized spacial score (nSPS) is 43.1. The SMILES string of the molecule is CCO[C@@]1(CN)O[C@H](CO)[C@@H](O)[C@@H]1O. The van der Waals surface area contributed by atoms with Crippen LogP contribution in [0.15, 0.2) is 0 Å². The molecule has 0 saturated carbocycles. The zero-order chi connectivity index (χ0) is 10.8. The molecule has 84 valence electrons. The summed E-state index contributed by atoms with van der Waals surface area (Å²) in [5, 5.41) is 28.0. The van der Waals surface area contributed by atoms with Crippen LogP contribution in [0.1, 0.15) is 6.92 Å². The number of rotatable bonds is 4. The second kappa shape index (κ2) is 4.52. The fraction of sp³-hybridized carbons (Fsp3) is 1.00. The topological polar surface area (TPSA) is 105 Å². The average Bonchev–Trinajstić information content (AvgIpc) is 2.44. The third kappa shape index (κ3) is 1.77. The van der Waals surface area contributed by atoms with Gasteiger partial charge in [0.15, 0.2) is 0 Å². The number of nitrogens with two attached hydrogens (primary N) is 1. The van der Waals surface area contributed by atoms with Gasteiger partial charge in [0, 0.05) is 6.61 Å². The van der Waals surface area contributed by atoms with Crippen LogP contribution >= 0.6 is 0 Å². The minimum atomic E-state index is -1.39. The molecule has 1 saturated heterocycles. The Bertz CT molecular complexity index is 191. The van der Waals surface area contributed by atoms with E-state index in [0.717, 1.165) is 0 Å². The number of hydrogen-bond donors (Lipinski definition) is 4. The largest absolute Gasteiger partial charge is 0.394 e. The summed E-state index contributed by atoms with van der Waals surface area (Å²) in [6, 6.07) is 0. The van der Waals surface area contributed by atoms with E-state index in [2.05, 4.69) is 0 Å². The molecule has 0 unspecified atom stereocenters. The van der Waals surface area contributed by atoms with Gasteiger partial charge < -0.3 is 30.5 Å². The summed E-state index contributed by atoms with van der Waals surface area (Å²) in [4.78, 5) is 0. The van der Waals surface area contributed by atoms with E-state index >= 15 is 0 Å². The molecule has 0 spiro atoms. The first kappa shape index (κ1) is 11.8. The zero-order valence-corrected chi connectivity index (χ0v) is 8.09. The van der Waals surface area contributed by atoms with E-state index < -0.39 is 24.1 Å². The van der Waals surface area contributed by atoms with Crippen molar-refractivity contribution in [3.63, 3.8) is 0 Å². The molecule has 0 aromatic carbocycles. The Morgan fingerprint density at radius 3 is 2.50 bits per heavy atom. The van der Waals surface area contributed by atoms with Crippen molar-refractivity contribution in [3.8, 4) is 0 Å². The quantitative estimate of drug-likeness (QED) is 0.416. The Morgan fingerprint density at radius 2 is 2.14 bits per heavy atom. The van der Waals surface area contributed by atoms with Crippen molar-refractivity contribution in [2.45, 2.75) is 31.0 Å². The highest BCUT2D eigenvalue weighted by Crippen LogP contribution is 2.31. The molecular formula is C8H17NO5. The summed E-state index contributed by atoms with van der Waals surface area (Å²) in [5.74, 6) is -1.39. The van der Waals surface area contributed by atoms with Gasteiger partial charge in [-0.15, -0.1) is 0 Å². The van der Waals surface area contributed by atoms with Gasteiger partial charge >= 0.3 is 0 Å². The summed E-state index contributed by atoms with van der Waals surface area (Å²) in [5.41, 5.74) is 5.42. The lowest BCUT2D eigenvalue weighted by Gasteiger charge is -2.30. The Balaban J connectivity index is 2.78. The van der Waals surface area contributed by atoms with E-state index in [4.69, 9.17) is 20.3 Å². The summed E-state index contributed by atoms with van der Waals surface area (Å²) < 4.78 is 10.4. The molecule has 0 amide bonds. The van der Waals surface area contributed by atoms with E-state index in [1.54, 1.807) is 6.92 Å². The molecule has 1 aliphatic heterocycles. The van der Waals surface area contributed by atoms with Gasteiger partial charge in [-0.25, -0.2) is 0 Å². The van der Waals surface area contributed by atoms with Crippen molar-refractivity contribution >= 4 is 0 Å². The molecular weight excluding hydrogens is 190 g/mol. The van der Waals surface area contributed by atoms with Gasteiger partial charge in [0.2, 0.25) is 5.79 Å². The maximum Gasteiger partial charge on any atom is 0.210 e. The van der Waals surface area contributed by atoms with Crippen LogP contribution in [0.2, 0.25) is 0 Å². The van der Waals surface area contributed by atoms with Gasteiger partial charge in [-0.3, -0.25) is 0 Å². The Labute approximate surface area is 82.2 Å². The van der Waals surface area contributed by atoms with Crippen LogP contribution in [0.3, 0.4) is 0 Å². The van der Waals surface area contributed by atoms with Crippen molar-refractivity contribution in [2.24, 2.45) is 5.73 Å². The molecule has 0 aromatic heterocycles. The molecule has 6 heteroatoms. The lowest BCUT2D eigenvalue weighted by Crippen LogP contribution is -2.51. The standard InChI is InChI=1S/C8H17NO5/c1-2-13-8(4-9)7(12)6(11)5(3-10)14-8/h5-7,10-12H,2-4,9H2,1H3/t5-,6-,7+,8+/m1/s1. The molecule has 1 rings (SSSR count). The minimum absolute atomic E-state index is 0.0738. The van der Waals surface area contributed by atoms with Gasteiger partial charge in [0.1, 0.15) is 18.3 Å². The second-order valence-corrected chi connectivity index (χ2v) is 3.22. The maximum atomic E-state index is 9.65. The molecule has 0 bridgehead atoms. The molecule has 14 heavy (non-hydrogen) atoms. The lowest BCUT2D eigenvalue weighted by atomic mass is 10.1. The summed E-state index contributed by atoms with van der Waals surface area (Å²) >= 11 is 0. The van der Waals surface area contributed by atoms with Crippen LogP contribution in [-0.4, -0.2) is 59.2 Å². The van der Waals surface area contributed by atoms with Crippen molar-refractivity contribution in [3.05, 3.63) is 0 Å². The van der Waals surface area contributed by atoms with Crippen molar-refractivity contribution < 1.29 is 24.8 Å². The number of ether oxygens (including phenoxy) is 2. The molecule has 1 fully saturated rings. The first-order chi connectivity index (χ1) is 6.61. The highest BCUT2D eigenvalue weighted by molar-refractivity contribution is 4.97. The third-order valence-corrected chi connectivity index (χ3v) is 2.36. The van der Waals surface area contributed by atoms with Crippen molar-refractivity contribution in [1.82, 2.24) is 0 Å². The van der Waals surface area contributed by atoms with Crippen molar-refractivity contribution in [2.75, 3.05) is 19.8 Å². The fourth-order valence-corrected chi connectivity index (χ4v) is 1.60. The lowest BCUT2D eigenvalue weighted by molar-refractivity contribution is -0.251. The van der Waals surface area contributed by atoms with Crippen LogP contribution in [-0.2, 0) is 9.47 Å². The van der Waals surface area contributed by atoms with Crippen LogP contribution in [0, 0.1) is 0 Å². The summed E-state index contributed by atoms with van der Waals surface area (Å²) in [6.45, 7) is 1.58.